The molecule has 0 spiro atoms. The SMILES string of the molecule is CC(C)c1ccc([C@@H](NC(=O)C2CC(F)CN2)c2ccccc2)cc1F. The summed E-state index contributed by atoms with van der Waals surface area (Å²) in [6.45, 7) is 4.06. The summed E-state index contributed by atoms with van der Waals surface area (Å²) in [5.74, 6) is -0.471. The van der Waals surface area contributed by atoms with Crippen LogP contribution >= 0.6 is 0 Å². The van der Waals surface area contributed by atoms with Gasteiger partial charge in [0.15, 0.2) is 0 Å². The minimum absolute atomic E-state index is 0.0815. The van der Waals surface area contributed by atoms with Crippen molar-refractivity contribution in [2.24, 2.45) is 0 Å². The Bertz CT molecular complexity index is 764. The van der Waals surface area contributed by atoms with Gasteiger partial charge in [-0.25, -0.2) is 8.78 Å². The fourth-order valence-electron chi connectivity index (χ4n) is 3.33. The number of carbonyl (C=O) groups is 1. The lowest BCUT2D eigenvalue weighted by atomic mass is 9.94. The van der Waals surface area contributed by atoms with Gasteiger partial charge in [0, 0.05) is 13.0 Å². The first-order valence-corrected chi connectivity index (χ1v) is 8.98. The maximum absolute atomic E-state index is 14.5. The van der Waals surface area contributed by atoms with E-state index in [1.165, 1.54) is 6.07 Å². The van der Waals surface area contributed by atoms with E-state index < -0.39 is 18.3 Å². The van der Waals surface area contributed by atoms with Crippen molar-refractivity contribution in [3.05, 3.63) is 71.0 Å². The van der Waals surface area contributed by atoms with Gasteiger partial charge in [0.05, 0.1) is 12.1 Å². The van der Waals surface area contributed by atoms with Crippen LogP contribution in [0.25, 0.3) is 0 Å². The van der Waals surface area contributed by atoms with Crippen molar-refractivity contribution < 1.29 is 13.6 Å². The van der Waals surface area contributed by atoms with Crippen molar-refractivity contribution in [1.82, 2.24) is 10.6 Å². The Labute approximate surface area is 152 Å². The Morgan fingerprint density at radius 1 is 1.15 bits per heavy atom. The number of halogens is 2. The molecule has 26 heavy (non-hydrogen) atoms. The van der Waals surface area contributed by atoms with Gasteiger partial charge in [0.1, 0.15) is 12.0 Å². The summed E-state index contributed by atoms with van der Waals surface area (Å²) in [7, 11) is 0. The van der Waals surface area contributed by atoms with Gasteiger partial charge in [-0.3, -0.25) is 4.79 Å². The van der Waals surface area contributed by atoms with Crippen LogP contribution in [0.15, 0.2) is 48.5 Å². The molecule has 3 atom stereocenters. The van der Waals surface area contributed by atoms with Crippen LogP contribution in [0.4, 0.5) is 8.78 Å². The van der Waals surface area contributed by atoms with Crippen LogP contribution in [-0.2, 0) is 4.79 Å². The third-order valence-electron chi connectivity index (χ3n) is 4.79. The highest BCUT2D eigenvalue weighted by molar-refractivity contribution is 5.83. The maximum Gasteiger partial charge on any atom is 0.237 e. The Morgan fingerprint density at radius 3 is 2.46 bits per heavy atom. The van der Waals surface area contributed by atoms with Crippen molar-refractivity contribution in [3.63, 3.8) is 0 Å². The van der Waals surface area contributed by atoms with Crippen molar-refractivity contribution >= 4 is 5.91 Å². The molecule has 1 saturated heterocycles. The van der Waals surface area contributed by atoms with Gasteiger partial charge < -0.3 is 10.6 Å². The number of carbonyl (C=O) groups excluding carboxylic acids is 1. The molecule has 1 aliphatic rings. The molecule has 2 aromatic carbocycles. The molecule has 3 rings (SSSR count). The minimum Gasteiger partial charge on any atom is -0.344 e. The fourth-order valence-corrected chi connectivity index (χ4v) is 3.33. The normalized spacial score (nSPS) is 21.0. The maximum atomic E-state index is 14.5. The molecule has 138 valence electrons. The average Bonchev–Trinajstić information content (AvgIpc) is 3.06. The van der Waals surface area contributed by atoms with E-state index in [9.17, 15) is 13.6 Å². The molecule has 0 aromatic heterocycles. The number of rotatable bonds is 5. The van der Waals surface area contributed by atoms with Crippen LogP contribution in [-0.4, -0.2) is 24.7 Å². The van der Waals surface area contributed by atoms with E-state index in [0.717, 1.165) is 5.56 Å². The summed E-state index contributed by atoms with van der Waals surface area (Å²) in [6, 6.07) is 13.5. The van der Waals surface area contributed by atoms with Gasteiger partial charge in [-0.2, -0.15) is 0 Å². The summed E-state index contributed by atoms with van der Waals surface area (Å²) >= 11 is 0. The van der Waals surface area contributed by atoms with Crippen LogP contribution in [0, 0.1) is 5.82 Å². The van der Waals surface area contributed by atoms with E-state index in [4.69, 9.17) is 0 Å². The summed E-state index contributed by atoms with van der Waals surface area (Å²) in [5, 5.41) is 5.84. The summed E-state index contributed by atoms with van der Waals surface area (Å²) in [5.41, 5.74) is 2.17. The molecule has 0 aliphatic carbocycles. The van der Waals surface area contributed by atoms with Crippen LogP contribution in [0.3, 0.4) is 0 Å². The van der Waals surface area contributed by atoms with Crippen LogP contribution in [0.5, 0.6) is 0 Å². The molecule has 0 bridgehead atoms. The topological polar surface area (TPSA) is 41.1 Å². The van der Waals surface area contributed by atoms with Gasteiger partial charge in [0.25, 0.3) is 0 Å². The molecule has 2 aromatic rings. The lowest BCUT2D eigenvalue weighted by Crippen LogP contribution is -2.42. The molecule has 0 saturated carbocycles. The zero-order valence-corrected chi connectivity index (χ0v) is 15.0. The second-order valence-electron chi connectivity index (χ2n) is 7.08. The summed E-state index contributed by atoms with van der Waals surface area (Å²) in [4.78, 5) is 12.6. The molecule has 1 fully saturated rings. The highest BCUT2D eigenvalue weighted by Gasteiger charge is 2.31. The predicted octanol–water partition coefficient (Wildman–Crippen LogP) is 3.85. The lowest BCUT2D eigenvalue weighted by molar-refractivity contribution is -0.123. The smallest absolute Gasteiger partial charge is 0.237 e. The second-order valence-corrected chi connectivity index (χ2v) is 7.08. The Balaban J connectivity index is 1.89. The largest absolute Gasteiger partial charge is 0.344 e. The standard InChI is InChI=1S/C21H24F2N2O/c1-13(2)17-9-8-15(10-18(17)23)20(14-6-4-3-5-7-14)25-21(26)19-11-16(22)12-24-19/h3-10,13,16,19-20,24H,11-12H2,1-2H3,(H,25,26)/t16?,19?,20-/m0/s1. The molecule has 1 amide bonds. The van der Waals surface area contributed by atoms with Crippen LogP contribution in [0.1, 0.15) is 48.9 Å². The van der Waals surface area contributed by atoms with Gasteiger partial charge in [-0.1, -0.05) is 56.3 Å². The van der Waals surface area contributed by atoms with Crippen LogP contribution < -0.4 is 10.6 Å². The quantitative estimate of drug-likeness (QED) is 0.852. The molecule has 2 unspecified atom stereocenters. The van der Waals surface area contributed by atoms with Gasteiger partial charge >= 0.3 is 0 Å². The van der Waals surface area contributed by atoms with Crippen molar-refractivity contribution in [1.29, 1.82) is 0 Å². The number of benzene rings is 2. The van der Waals surface area contributed by atoms with Gasteiger partial charge in [-0.05, 0) is 28.7 Å². The van der Waals surface area contributed by atoms with Crippen LogP contribution in [0.2, 0.25) is 0 Å². The molecular formula is C21H24F2N2O. The molecule has 2 N–H and O–H groups in total. The monoisotopic (exact) mass is 358 g/mol. The average molecular weight is 358 g/mol. The Kier molecular flexibility index (Phi) is 5.67. The molecule has 3 nitrogen and oxygen atoms in total. The second kappa shape index (κ2) is 7.96. The zero-order chi connectivity index (χ0) is 18.7. The Morgan fingerprint density at radius 2 is 1.88 bits per heavy atom. The first kappa shape index (κ1) is 18.5. The van der Waals surface area contributed by atoms with E-state index in [2.05, 4.69) is 10.6 Å². The lowest BCUT2D eigenvalue weighted by Gasteiger charge is -2.23. The highest BCUT2D eigenvalue weighted by Crippen LogP contribution is 2.27. The third-order valence-corrected chi connectivity index (χ3v) is 4.79. The first-order valence-electron chi connectivity index (χ1n) is 8.98. The van der Waals surface area contributed by atoms with Crippen molar-refractivity contribution in [2.75, 3.05) is 6.54 Å². The summed E-state index contributed by atoms with van der Waals surface area (Å²) < 4.78 is 27.9. The first-order chi connectivity index (χ1) is 12.5. The molecule has 1 heterocycles. The molecule has 5 heteroatoms. The number of hydrogen-bond donors (Lipinski definition) is 2. The summed E-state index contributed by atoms with van der Waals surface area (Å²) in [6.07, 6.45) is -0.850. The number of amides is 1. The number of alkyl halides is 1. The zero-order valence-electron chi connectivity index (χ0n) is 15.0. The molecule has 0 radical (unpaired) electrons. The van der Waals surface area contributed by atoms with Gasteiger partial charge in [-0.15, -0.1) is 0 Å². The number of nitrogens with one attached hydrogen (secondary N) is 2. The predicted molar refractivity (Wildman–Crippen MR) is 98.2 cm³/mol. The van der Waals surface area contributed by atoms with Crippen molar-refractivity contribution in [2.45, 2.75) is 44.4 Å². The van der Waals surface area contributed by atoms with Gasteiger partial charge in [0.2, 0.25) is 5.91 Å². The minimum atomic E-state index is -1.01. The molecule has 1 aliphatic heterocycles. The Hall–Kier alpha value is -2.27. The van der Waals surface area contributed by atoms with E-state index in [1.54, 1.807) is 6.07 Å². The number of hydrogen-bond acceptors (Lipinski definition) is 2. The van der Waals surface area contributed by atoms with E-state index in [-0.39, 0.29) is 30.6 Å². The fraction of sp³-hybridized carbons (Fsp3) is 0.381. The van der Waals surface area contributed by atoms with E-state index in [1.807, 2.05) is 50.2 Å². The third kappa shape index (κ3) is 4.10. The van der Waals surface area contributed by atoms with Crippen molar-refractivity contribution in [3.8, 4) is 0 Å². The van der Waals surface area contributed by atoms with E-state index >= 15 is 0 Å². The van der Waals surface area contributed by atoms with E-state index in [0.29, 0.717) is 11.1 Å². The highest BCUT2D eigenvalue weighted by atomic mass is 19.1. The molecular weight excluding hydrogens is 334 g/mol.